The van der Waals surface area contributed by atoms with Gasteiger partial charge in [-0.3, -0.25) is 38.3 Å². The Kier molecular flexibility index (Phi) is 34.1. The molecule has 35 heteroatoms. The van der Waals surface area contributed by atoms with E-state index in [0.717, 1.165) is 119 Å². The molecule has 1 saturated carbocycles. The zero-order valence-corrected chi connectivity index (χ0v) is 86.1. The Morgan fingerprint density at radius 1 is 0.776 bits per heavy atom. The molecule has 0 unspecified atom stereocenters. The van der Waals surface area contributed by atoms with Crippen molar-refractivity contribution in [2.24, 2.45) is 33.9 Å². The molecule has 17 rings (SSSR count). The summed E-state index contributed by atoms with van der Waals surface area (Å²) < 4.78 is 95.2. The number of nitrogens with one attached hydrogen (secondary N) is 4. The first kappa shape index (κ1) is 107. The molecule has 5 aromatic heterocycles. The topological polar surface area (TPSA) is 318 Å². The van der Waals surface area contributed by atoms with Crippen LogP contribution >= 0.6 is 80.8 Å². The number of methoxy groups -OCH3 is 2. The van der Waals surface area contributed by atoms with Crippen LogP contribution in [-0.2, 0) is 46.7 Å². The molecule has 0 radical (unpaired) electrons. The lowest BCUT2D eigenvalue weighted by Gasteiger charge is -2.38. The number of para-hydroxylation sites is 1. The summed E-state index contributed by atoms with van der Waals surface area (Å²) in [6.45, 7) is 32.0. The van der Waals surface area contributed by atoms with E-state index in [9.17, 15) is 47.2 Å². The van der Waals surface area contributed by atoms with Gasteiger partial charge in [-0.25, -0.2) is 23.6 Å². The van der Waals surface area contributed by atoms with Crippen LogP contribution in [0.25, 0.3) is 49.1 Å². The number of hydrogen-bond acceptors (Lipinski definition) is 20. The second kappa shape index (κ2) is 45.6. The predicted molar refractivity (Wildman–Crippen MR) is 555 cm³/mol. The van der Waals surface area contributed by atoms with Gasteiger partial charge in [0, 0.05) is 99.2 Å². The van der Waals surface area contributed by atoms with Crippen molar-refractivity contribution in [1.29, 1.82) is 5.26 Å². The van der Waals surface area contributed by atoms with Gasteiger partial charge in [0.15, 0.2) is 34.6 Å². The molecule has 14 aromatic rings. The number of aryl methyl sites for hydroxylation is 3. The molecule has 0 spiro atoms. The number of benzene rings is 9. The van der Waals surface area contributed by atoms with Gasteiger partial charge in [-0.2, -0.15) is 18.4 Å². The van der Waals surface area contributed by atoms with E-state index in [1.165, 1.54) is 97.6 Å². The highest BCUT2D eigenvalue weighted by atomic mass is 35.5. The molecular weight excluding hydrogens is 1970 g/mol. The van der Waals surface area contributed by atoms with Gasteiger partial charge in [-0.15, -0.1) is 32.9 Å². The number of nitrogens with zero attached hydrogens (tertiary/aromatic N) is 8. The van der Waals surface area contributed by atoms with E-state index in [1.807, 2.05) is 164 Å². The molecule has 23 nitrogen and oxygen atoms in total. The van der Waals surface area contributed by atoms with Crippen LogP contribution in [-0.4, -0.2) is 101 Å². The number of carbonyl (C=O) groups excluding carboxylic acids is 6. The highest BCUT2D eigenvalue weighted by Gasteiger charge is 2.61. The number of rotatable bonds is 21. The summed E-state index contributed by atoms with van der Waals surface area (Å²) in [6, 6.07) is 50.9. The first-order valence-corrected chi connectivity index (χ1v) is 49.4. The van der Waals surface area contributed by atoms with Crippen molar-refractivity contribution in [1.82, 2.24) is 34.7 Å². The molecule has 740 valence electrons. The Morgan fingerprint density at radius 2 is 1.47 bits per heavy atom. The number of carbonyl (C=O) groups is 6. The smallest absolute Gasteiger partial charge is 0.418 e. The van der Waals surface area contributed by atoms with E-state index in [2.05, 4.69) is 77.7 Å². The number of anilines is 2. The molecule has 1 saturated heterocycles. The molecular formula is C108H102Cl4F5N13O10S3. The Bertz CT molecular complexity index is 7330. The van der Waals surface area contributed by atoms with Crippen LogP contribution in [0.15, 0.2) is 203 Å². The summed E-state index contributed by atoms with van der Waals surface area (Å²) >= 11 is 28.5. The van der Waals surface area contributed by atoms with Crippen molar-refractivity contribution in [3.8, 4) is 45.3 Å². The van der Waals surface area contributed by atoms with E-state index >= 15 is 8.78 Å². The summed E-state index contributed by atoms with van der Waals surface area (Å²) in [6.07, 6.45) is 0.962. The number of ketones is 2. The number of amides is 2. The number of aliphatic imine (C=N–C) groups is 1. The number of thiazole rings is 1. The number of nitrogens with two attached hydrogens (primary N) is 1. The number of fused-ring (bicyclic) bond motifs is 5. The van der Waals surface area contributed by atoms with Crippen LogP contribution in [0.2, 0.25) is 20.1 Å². The number of ether oxygens (including phenoxy) is 4. The Labute approximate surface area is 856 Å². The van der Waals surface area contributed by atoms with Crippen LogP contribution in [0.3, 0.4) is 0 Å². The second-order valence-electron chi connectivity index (χ2n) is 36.7. The number of H-pyrrole nitrogens is 2. The van der Waals surface area contributed by atoms with E-state index in [0.29, 0.717) is 51.5 Å². The van der Waals surface area contributed by atoms with Crippen molar-refractivity contribution in [3.05, 3.63) is 319 Å². The van der Waals surface area contributed by atoms with Crippen LogP contribution in [0.5, 0.6) is 23.0 Å². The van der Waals surface area contributed by atoms with Crippen molar-refractivity contribution in [3.63, 3.8) is 0 Å². The number of imidazole rings is 1. The molecule has 143 heavy (non-hydrogen) atoms. The van der Waals surface area contributed by atoms with E-state index in [4.69, 9.17) is 82.6 Å². The second-order valence-corrected chi connectivity index (χ2v) is 41.8. The number of thiophene rings is 1. The Morgan fingerprint density at radius 3 is 2.10 bits per heavy atom. The van der Waals surface area contributed by atoms with Crippen LogP contribution in [0.4, 0.5) is 39.0 Å². The van der Waals surface area contributed by atoms with Crippen molar-refractivity contribution in [2.45, 2.75) is 164 Å². The van der Waals surface area contributed by atoms with Crippen molar-refractivity contribution >= 4 is 166 Å². The number of Topliss-reactive ketones (excluding diaryl/α,β-unsaturated/α-hetero) is 2. The third-order valence-electron chi connectivity index (χ3n) is 24.2. The fraction of sp³-hybridized carbons (Fsp3) is 0.287. The minimum Gasteiger partial charge on any atom is -0.495 e. The quantitative estimate of drug-likeness (QED) is 0.0111. The van der Waals surface area contributed by atoms with Gasteiger partial charge in [-0.05, 0) is 235 Å². The number of esters is 1. The molecule has 9 aromatic carbocycles. The van der Waals surface area contributed by atoms with Gasteiger partial charge >= 0.3 is 12.1 Å². The predicted octanol–water partition coefficient (Wildman–Crippen LogP) is 27.6. The van der Waals surface area contributed by atoms with Crippen molar-refractivity contribution in [2.75, 3.05) is 24.9 Å². The average molecular weight is 2080 g/mol. The highest BCUT2D eigenvalue weighted by molar-refractivity contribution is 8.18. The number of halogens is 9. The third kappa shape index (κ3) is 25.5. The van der Waals surface area contributed by atoms with Gasteiger partial charge in [-0.1, -0.05) is 160 Å². The number of alkyl halides is 3. The zero-order chi connectivity index (χ0) is 104. The minimum absolute atomic E-state index is 0.0252. The normalized spacial score (nSPS) is 16.6. The zero-order valence-electron chi connectivity index (χ0n) is 80.6. The minimum atomic E-state index is -4.71. The van der Waals surface area contributed by atoms with E-state index in [1.54, 1.807) is 34.8 Å². The lowest BCUT2D eigenvalue weighted by Crippen LogP contribution is -2.40. The number of aromatic nitrogens is 7. The lowest BCUT2D eigenvalue weighted by molar-refractivity contribution is -0.155. The third-order valence-corrected chi connectivity index (χ3v) is 28.2. The molecule has 6 N–H and O–H groups in total. The van der Waals surface area contributed by atoms with Gasteiger partial charge in [0.1, 0.15) is 51.4 Å². The fourth-order valence-corrected chi connectivity index (χ4v) is 20.5. The fourth-order valence-electron chi connectivity index (χ4n) is 17.1. The highest BCUT2D eigenvalue weighted by Crippen LogP contribution is 2.61. The van der Waals surface area contributed by atoms with E-state index in [-0.39, 0.29) is 103 Å². The van der Waals surface area contributed by atoms with Gasteiger partial charge < -0.3 is 45.3 Å². The molecule has 7 heterocycles. The summed E-state index contributed by atoms with van der Waals surface area (Å²) in [5, 5.41) is 32.3. The first-order chi connectivity index (χ1) is 67.8. The van der Waals surface area contributed by atoms with E-state index < -0.39 is 75.9 Å². The summed E-state index contributed by atoms with van der Waals surface area (Å²) in [5.74, 6) is -2.98. The first-order valence-electron chi connectivity index (χ1n) is 45.4. The average Bonchev–Trinajstić information content (AvgIpc) is 1.56. The molecule has 2 fully saturated rings. The van der Waals surface area contributed by atoms with Gasteiger partial charge in [0.2, 0.25) is 16.9 Å². The van der Waals surface area contributed by atoms with Crippen LogP contribution < -0.4 is 30.6 Å². The molecule has 7 atom stereocenters. The molecule has 2 aliphatic heterocycles. The number of nitriles is 1. The Balaban J connectivity index is 0.000000155. The van der Waals surface area contributed by atoms with Gasteiger partial charge in [0.05, 0.1) is 94.8 Å². The maximum absolute atomic E-state index is 15.8. The number of thioether (sulfide) groups is 1. The summed E-state index contributed by atoms with van der Waals surface area (Å²) in [7, 11) is 2.74. The van der Waals surface area contributed by atoms with Crippen LogP contribution in [0.1, 0.15) is 189 Å². The number of allylic oxidation sites excluding steroid dienone is 1. The van der Waals surface area contributed by atoms with Crippen molar-refractivity contribution < 1.29 is 69.7 Å². The molecule has 2 amide bonds. The monoisotopic (exact) mass is 2070 g/mol. The number of aromatic amines is 2. The summed E-state index contributed by atoms with van der Waals surface area (Å²) in [4.78, 5) is 99.5. The molecule has 0 bridgehead atoms. The Hall–Kier alpha value is -13.2. The van der Waals surface area contributed by atoms with Crippen LogP contribution in [0, 0.1) is 80.4 Å². The van der Waals surface area contributed by atoms with Gasteiger partial charge in [0.25, 0.3) is 0 Å². The maximum Gasteiger partial charge on any atom is 0.418 e. The largest absolute Gasteiger partial charge is 0.495 e. The molecule has 3 aliphatic rings. The maximum atomic E-state index is 15.8. The number of hydrogen-bond donors (Lipinski definition) is 5. The summed E-state index contributed by atoms with van der Waals surface area (Å²) in [5.41, 5.74) is 14.4. The lowest BCUT2D eigenvalue weighted by atomic mass is 9.62. The molecule has 1 aliphatic carbocycles. The SMILES string of the molecule is CC[C@H](C)[C@H](N)C(=O)Nc1ccc2nc(Cc3c[nH]c4ccccc34)[nH]c2c1.COc1cc(C(C)=O)ccc1NC(=O)[C@@H]1C[C@@H](CC(C)(C)C)[C@](C#N)(c2ccc(Cl)cc2F)[C@H]1c1ccc(Cl)cc1F.Cc1nc(-c2ccccc2Cl)cs1.Cc1sc2c(c1C)C(c1ccc(Cl)cc1)=N[C@@H](CC(=O)OC(C)(C)C)c1nnc(C)n1-2.[C-]#[N+]c1ccc(Oc2ccc(/C=C3\SC(=O)CC3=O)cc2OC)c(C(F)(F)F)c1. The standard InChI is InChI=1S/C33H32Cl2F2N2O3.C23H25ClN4O2S.C22H25N5O.C20H12F3NO4S.C10H8ClNS/c1-18(40)19-6-11-28(29(12-19)42-5)39-31(41)24-13-20(16-32(2,3)4)33(17-38,25-10-8-22(35)15-27(25)37)30(24)23-9-7-21(34)14-26(23)36;1-12-13(2)31-22-19(12)20(15-7-9-16(24)10-8-15)25-17(11-18(29)30-23(4,5)6)21-27-26-14(3)28(21)22;1-3-13(2)21(23)22(28)25-15-8-9-18-19(11-15)27-20(26-18)10-14-12-24-17-7-5-4-6-16(14)17;1-24-12-4-6-15(13(9-12)20(21,22)23)28-16-5-3-11(7-17(16)27-2)8-18-14(25)10-19(26)29-18;1-7-12-10(6-13-7)8-4-2-3-5-9(8)11/h6-12,14-15,20,24,30H,13,16H2,1-5H3,(H,39,41);7-10,17H,11H2,1-6H3;4-9,11-13,21,24H,3,10,23H2,1-2H3,(H,25,28)(H,26,27);3-9H,10H2,2H3;2-6H,1H3/b;;;18-8-;/t20-,24+,30-,33+;17-;13-,21-;;/m000../s1.